The first-order valence-corrected chi connectivity index (χ1v) is 16.2. The molecule has 210 valence electrons. The number of hydrogen-bond donors (Lipinski definition) is 0. The Morgan fingerprint density at radius 1 is 0.378 bits per heavy atom. The van der Waals surface area contributed by atoms with Crippen LogP contribution in [-0.2, 0) is 0 Å². The van der Waals surface area contributed by atoms with Crippen LogP contribution in [0, 0.1) is 0 Å². The molecule has 0 bridgehead atoms. The first-order valence-electron chi connectivity index (χ1n) is 15.4. The van der Waals surface area contributed by atoms with Gasteiger partial charge in [0.2, 0.25) is 0 Å². The molecule has 10 rings (SSSR count). The molecule has 0 unspecified atom stereocenters. The van der Waals surface area contributed by atoms with E-state index < -0.39 is 0 Å². The lowest BCUT2D eigenvalue weighted by Crippen LogP contribution is -1.98. The van der Waals surface area contributed by atoms with Gasteiger partial charge >= 0.3 is 0 Å². The van der Waals surface area contributed by atoms with Crippen molar-refractivity contribution in [3.8, 4) is 22.5 Å². The Morgan fingerprint density at radius 2 is 1.02 bits per heavy atom. The molecular formula is C42H26N2S. The predicted molar refractivity (Wildman–Crippen MR) is 193 cm³/mol. The van der Waals surface area contributed by atoms with Gasteiger partial charge in [0.25, 0.3) is 0 Å². The molecule has 0 radical (unpaired) electrons. The van der Waals surface area contributed by atoms with Crippen LogP contribution in [0.5, 0.6) is 0 Å². The van der Waals surface area contributed by atoms with Crippen LogP contribution in [-0.4, -0.2) is 9.13 Å². The van der Waals surface area contributed by atoms with Gasteiger partial charge in [-0.1, -0.05) is 115 Å². The van der Waals surface area contributed by atoms with E-state index in [9.17, 15) is 0 Å². The monoisotopic (exact) mass is 590 g/mol. The van der Waals surface area contributed by atoms with E-state index in [0.717, 1.165) is 0 Å². The zero-order valence-corrected chi connectivity index (χ0v) is 25.1. The molecule has 0 aliphatic carbocycles. The van der Waals surface area contributed by atoms with Gasteiger partial charge in [0.15, 0.2) is 0 Å². The van der Waals surface area contributed by atoms with Gasteiger partial charge in [-0.15, -0.1) is 11.3 Å². The van der Waals surface area contributed by atoms with Crippen molar-refractivity contribution in [1.29, 1.82) is 0 Å². The van der Waals surface area contributed by atoms with Crippen molar-refractivity contribution in [3.05, 3.63) is 158 Å². The molecule has 0 fully saturated rings. The summed E-state index contributed by atoms with van der Waals surface area (Å²) in [5.74, 6) is 0. The van der Waals surface area contributed by atoms with Crippen molar-refractivity contribution < 1.29 is 0 Å². The van der Waals surface area contributed by atoms with Crippen LogP contribution in [0.2, 0.25) is 0 Å². The number of fused-ring (bicyclic) bond motifs is 10. The zero-order chi connectivity index (χ0) is 29.5. The number of para-hydroxylation sites is 4. The first-order chi connectivity index (χ1) is 22.4. The number of hydrogen-bond acceptors (Lipinski definition) is 1. The van der Waals surface area contributed by atoms with Crippen molar-refractivity contribution in [3.63, 3.8) is 0 Å². The van der Waals surface area contributed by atoms with Crippen LogP contribution in [0.25, 0.3) is 86.3 Å². The Kier molecular flexibility index (Phi) is 5.19. The van der Waals surface area contributed by atoms with Gasteiger partial charge in [-0.2, -0.15) is 0 Å². The fraction of sp³-hybridized carbons (Fsp3) is 0. The van der Waals surface area contributed by atoms with Crippen molar-refractivity contribution in [2.45, 2.75) is 0 Å². The average molecular weight is 591 g/mol. The van der Waals surface area contributed by atoms with Crippen LogP contribution in [0.1, 0.15) is 0 Å². The van der Waals surface area contributed by atoms with Gasteiger partial charge in [-0.3, -0.25) is 0 Å². The maximum absolute atomic E-state index is 2.52. The van der Waals surface area contributed by atoms with E-state index in [4.69, 9.17) is 0 Å². The molecule has 0 saturated carbocycles. The minimum atomic E-state index is 1.17. The van der Waals surface area contributed by atoms with E-state index in [-0.39, 0.29) is 0 Å². The summed E-state index contributed by atoms with van der Waals surface area (Å²) in [5.41, 5.74) is 9.76. The standard InChI is InChI=1S/C42H26N2S/c1-2-13-27(14-3-1)43-37-23-10-6-18-34(37)40-38(43)26-25-31-28-15-4-8-21-35(28)44(41(31)40)36-22-9-5-16-29(36)32-19-12-20-33-30-17-7-11-24-39(30)45-42(32)33/h1-26H. The third-order valence-electron chi connectivity index (χ3n) is 9.32. The molecule has 3 heterocycles. The molecule has 3 aromatic heterocycles. The topological polar surface area (TPSA) is 9.86 Å². The average Bonchev–Trinajstić information content (AvgIpc) is 3.76. The highest BCUT2D eigenvalue weighted by Gasteiger charge is 2.22. The van der Waals surface area contributed by atoms with Crippen LogP contribution >= 0.6 is 11.3 Å². The largest absolute Gasteiger partial charge is 0.309 e. The van der Waals surface area contributed by atoms with E-state index in [1.807, 2.05) is 11.3 Å². The smallest absolute Gasteiger partial charge is 0.0641 e. The summed E-state index contributed by atoms with van der Waals surface area (Å²) >= 11 is 1.89. The molecule has 3 heteroatoms. The number of nitrogens with zero attached hydrogens (tertiary/aromatic N) is 2. The van der Waals surface area contributed by atoms with E-state index in [0.29, 0.717) is 0 Å². The van der Waals surface area contributed by atoms with E-state index in [1.54, 1.807) is 0 Å². The fourth-order valence-electron chi connectivity index (χ4n) is 7.47. The first kappa shape index (κ1) is 24.8. The molecule has 0 aliphatic heterocycles. The highest BCUT2D eigenvalue weighted by atomic mass is 32.1. The Hall–Kier alpha value is -5.64. The lowest BCUT2D eigenvalue weighted by molar-refractivity contribution is 1.17. The second-order valence-electron chi connectivity index (χ2n) is 11.7. The third kappa shape index (κ3) is 3.44. The molecule has 7 aromatic carbocycles. The Bertz CT molecular complexity index is 2760. The minimum absolute atomic E-state index is 1.17. The number of benzene rings is 7. The lowest BCUT2D eigenvalue weighted by Gasteiger charge is -2.15. The van der Waals surface area contributed by atoms with Gasteiger partial charge in [0, 0.05) is 58.5 Å². The van der Waals surface area contributed by atoms with E-state index in [1.165, 1.54) is 86.3 Å². The van der Waals surface area contributed by atoms with Crippen LogP contribution in [0.4, 0.5) is 0 Å². The Labute approximate surface area is 263 Å². The highest BCUT2D eigenvalue weighted by Crippen LogP contribution is 2.45. The molecular weight excluding hydrogens is 565 g/mol. The van der Waals surface area contributed by atoms with Crippen molar-refractivity contribution in [2.24, 2.45) is 0 Å². The molecule has 45 heavy (non-hydrogen) atoms. The summed E-state index contributed by atoms with van der Waals surface area (Å²) < 4.78 is 7.59. The fourth-order valence-corrected chi connectivity index (χ4v) is 8.70. The Morgan fingerprint density at radius 3 is 1.89 bits per heavy atom. The molecule has 0 atom stereocenters. The number of aromatic nitrogens is 2. The third-order valence-corrected chi connectivity index (χ3v) is 10.5. The summed E-state index contributed by atoms with van der Waals surface area (Å²) in [6, 6.07) is 57.6. The van der Waals surface area contributed by atoms with Gasteiger partial charge in [-0.05, 0) is 42.5 Å². The van der Waals surface area contributed by atoms with Gasteiger partial charge in [0.1, 0.15) is 0 Å². The van der Waals surface area contributed by atoms with Gasteiger partial charge in [-0.25, -0.2) is 0 Å². The zero-order valence-electron chi connectivity index (χ0n) is 24.3. The van der Waals surface area contributed by atoms with Crippen molar-refractivity contribution in [1.82, 2.24) is 9.13 Å². The van der Waals surface area contributed by atoms with E-state index >= 15 is 0 Å². The summed E-state index contributed by atoms with van der Waals surface area (Å²) in [6.07, 6.45) is 0. The van der Waals surface area contributed by atoms with Gasteiger partial charge in [0.05, 0.1) is 27.8 Å². The van der Waals surface area contributed by atoms with E-state index in [2.05, 4.69) is 167 Å². The maximum atomic E-state index is 2.52. The molecule has 10 aromatic rings. The van der Waals surface area contributed by atoms with Crippen LogP contribution < -0.4 is 0 Å². The summed E-state index contributed by atoms with van der Waals surface area (Å²) in [4.78, 5) is 0. The SMILES string of the molecule is c1ccc(-n2c3ccccc3c3c2ccc2c4ccccc4n(-c4ccccc4-c4cccc5c4sc4ccccc45)c23)cc1. The predicted octanol–water partition coefficient (Wildman–Crippen LogP) is 11.9. The molecule has 0 saturated heterocycles. The number of thiophene rings is 1. The van der Waals surface area contributed by atoms with Crippen LogP contribution in [0.3, 0.4) is 0 Å². The quantitative estimate of drug-likeness (QED) is 0.194. The summed E-state index contributed by atoms with van der Waals surface area (Å²) in [5, 5.41) is 7.71. The molecule has 0 N–H and O–H groups in total. The minimum Gasteiger partial charge on any atom is -0.309 e. The molecule has 0 aliphatic rings. The maximum Gasteiger partial charge on any atom is 0.0641 e. The normalized spacial score (nSPS) is 12.0. The molecule has 0 amide bonds. The highest BCUT2D eigenvalue weighted by molar-refractivity contribution is 7.26. The van der Waals surface area contributed by atoms with Crippen molar-refractivity contribution >= 4 is 75.1 Å². The number of rotatable bonds is 3. The van der Waals surface area contributed by atoms with Crippen LogP contribution in [0.15, 0.2) is 158 Å². The summed E-state index contributed by atoms with van der Waals surface area (Å²) in [6.45, 7) is 0. The second kappa shape index (κ2) is 9.43. The lowest BCUT2D eigenvalue weighted by atomic mass is 10.0. The molecule has 0 spiro atoms. The summed E-state index contributed by atoms with van der Waals surface area (Å²) in [7, 11) is 0. The van der Waals surface area contributed by atoms with Gasteiger partial charge < -0.3 is 9.13 Å². The van der Waals surface area contributed by atoms with Crippen molar-refractivity contribution in [2.75, 3.05) is 0 Å². The molecule has 2 nitrogen and oxygen atoms in total. The second-order valence-corrected chi connectivity index (χ2v) is 12.7. The Balaban J connectivity index is 1.38.